The van der Waals surface area contributed by atoms with Gasteiger partial charge in [-0.05, 0) is 51.9 Å². The fourth-order valence-electron chi connectivity index (χ4n) is 2.73. The van der Waals surface area contributed by atoms with Crippen LogP contribution in [-0.4, -0.2) is 42.8 Å². The summed E-state index contributed by atoms with van der Waals surface area (Å²) < 4.78 is 5.35. The number of nitrogens with one attached hydrogen (secondary N) is 1. The number of ether oxygens (including phenoxy) is 1. The van der Waals surface area contributed by atoms with E-state index >= 15 is 0 Å². The number of nitrogens with zero attached hydrogens (tertiary/aromatic N) is 1. The molecule has 1 fully saturated rings. The second-order valence-corrected chi connectivity index (χ2v) is 8.15. The third-order valence-electron chi connectivity index (χ3n) is 4.16. The van der Waals surface area contributed by atoms with Gasteiger partial charge in [0.25, 0.3) is 0 Å². The lowest BCUT2D eigenvalue weighted by Crippen LogP contribution is -2.40. The zero-order valence-electron chi connectivity index (χ0n) is 14.8. The second kappa shape index (κ2) is 7.48. The van der Waals surface area contributed by atoms with Gasteiger partial charge in [-0.15, -0.1) is 0 Å². The third kappa shape index (κ3) is 7.70. The summed E-state index contributed by atoms with van der Waals surface area (Å²) in [7, 11) is 1.80. The fraction of sp³-hybridized carbons (Fsp3) is 0.941. The van der Waals surface area contributed by atoms with Gasteiger partial charge in [0.2, 0.25) is 0 Å². The summed E-state index contributed by atoms with van der Waals surface area (Å²) in [4.78, 5) is 13.5. The fourth-order valence-corrected chi connectivity index (χ4v) is 2.73. The van der Waals surface area contributed by atoms with E-state index in [-0.39, 0.29) is 6.09 Å². The summed E-state index contributed by atoms with van der Waals surface area (Å²) in [5, 5.41) is 3.60. The summed E-state index contributed by atoms with van der Waals surface area (Å²) in [5.41, 5.74) is 0.0649. The maximum absolute atomic E-state index is 11.9. The van der Waals surface area contributed by atoms with Gasteiger partial charge < -0.3 is 15.0 Å². The molecule has 1 aliphatic rings. The van der Waals surface area contributed by atoms with Crippen molar-refractivity contribution in [2.75, 3.05) is 20.1 Å². The summed E-state index contributed by atoms with van der Waals surface area (Å²) >= 11 is 0. The van der Waals surface area contributed by atoms with Crippen molar-refractivity contribution in [3.05, 3.63) is 0 Å². The van der Waals surface area contributed by atoms with Crippen LogP contribution in [0.15, 0.2) is 0 Å². The molecule has 0 radical (unpaired) electrons. The van der Waals surface area contributed by atoms with Crippen molar-refractivity contribution in [2.45, 2.75) is 78.4 Å². The van der Waals surface area contributed by atoms with Gasteiger partial charge >= 0.3 is 6.09 Å². The molecule has 0 aromatic carbocycles. The molecule has 1 N–H and O–H groups in total. The van der Waals surface area contributed by atoms with Gasteiger partial charge in [-0.25, -0.2) is 4.79 Å². The Hall–Kier alpha value is -0.770. The maximum Gasteiger partial charge on any atom is 0.410 e. The van der Waals surface area contributed by atoms with E-state index in [1.807, 2.05) is 20.8 Å². The minimum atomic E-state index is -0.425. The summed E-state index contributed by atoms with van der Waals surface area (Å²) in [6.45, 7) is 11.9. The number of carbonyl (C=O) groups excluding carboxylic acids is 1. The molecule has 1 aliphatic carbocycles. The van der Waals surface area contributed by atoms with Gasteiger partial charge in [-0.1, -0.05) is 20.3 Å². The Morgan fingerprint density at radius 2 is 1.95 bits per heavy atom. The highest BCUT2D eigenvalue weighted by Crippen LogP contribution is 2.33. The van der Waals surface area contributed by atoms with E-state index in [1.54, 1.807) is 11.9 Å². The topological polar surface area (TPSA) is 41.6 Å². The van der Waals surface area contributed by atoms with Gasteiger partial charge in [-0.2, -0.15) is 0 Å². The second-order valence-electron chi connectivity index (χ2n) is 8.15. The van der Waals surface area contributed by atoms with E-state index in [1.165, 1.54) is 32.1 Å². The smallest absolute Gasteiger partial charge is 0.410 e. The van der Waals surface area contributed by atoms with Crippen LogP contribution in [0.25, 0.3) is 0 Å². The molecule has 21 heavy (non-hydrogen) atoms. The molecule has 1 unspecified atom stereocenters. The molecule has 4 nitrogen and oxygen atoms in total. The van der Waals surface area contributed by atoms with Crippen molar-refractivity contribution in [3.63, 3.8) is 0 Å². The van der Waals surface area contributed by atoms with Gasteiger partial charge in [0.15, 0.2) is 0 Å². The largest absolute Gasteiger partial charge is 0.444 e. The lowest BCUT2D eigenvalue weighted by molar-refractivity contribution is 0.0299. The van der Waals surface area contributed by atoms with Crippen molar-refractivity contribution in [3.8, 4) is 0 Å². The van der Waals surface area contributed by atoms with Crippen LogP contribution < -0.4 is 5.32 Å². The number of carbonyl (C=O) groups is 1. The van der Waals surface area contributed by atoms with Crippen LogP contribution in [0.5, 0.6) is 0 Å². The summed E-state index contributed by atoms with van der Waals surface area (Å²) in [5.74, 6) is 0. The third-order valence-corrected chi connectivity index (χ3v) is 4.16. The first-order chi connectivity index (χ1) is 9.59. The Labute approximate surface area is 130 Å². The van der Waals surface area contributed by atoms with Crippen molar-refractivity contribution >= 4 is 6.09 Å². The Bertz CT molecular complexity index is 334. The lowest BCUT2D eigenvalue weighted by Gasteiger charge is -2.25. The van der Waals surface area contributed by atoms with E-state index < -0.39 is 5.60 Å². The normalized spacial score (nSPS) is 22.5. The summed E-state index contributed by atoms with van der Waals surface area (Å²) in [6.07, 6.45) is 6.15. The number of amides is 1. The molecule has 0 saturated heterocycles. The number of rotatable bonds is 4. The lowest BCUT2D eigenvalue weighted by atomic mass is 9.85. The highest BCUT2D eigenvalue weighted by molar-refractivity contribution is 5.67. The molecule has 0 bridgehead atoms. The van der Waals surface area contributed by atoms with Gasteiger partial charge in [0, 0.05) is 26.2 Å². The van der Waals surface area contributed by atoms with Crippen LogP contribution in [0.1, 0.15) is 66.7 Å². The predicted octanol–water partition coefficient (Wildman–Crippen LogP) is 3.80. The van der Waals surface area contributed by atoms with Gasteiger partial charge in [0.1, 0.15) is 5.60 Å². The van der Waals surface area contributed by atoms with Gasteiger partial charge in [0.05, 0.1) is 0 Å². The summed E-state index contributed by atoms with van der Waals surface area (Å²) in [6, 6.07) is 0.596. The minimum Gasteiger partial charge on any atom is -0.444 e. The van der Waals surface area contributed by atoms with Crippen molar-refractivity contribution in [1.82, 2.24) is 10.2 Å². The zero-order valence-corrected chi connectivity index (χ0v) is 14.8. The molecule has 124 valence electrons. The average molecular weight is 298 g/mol. The van der Waals surface area contributed by atoms with Gasteiger partial charge in [-0.3, -0.25) is 0 Å². The zero-order chi connectivity index (χ0) is 16.1. The van der Waals surface area contributed by atoms with Crippen LogP contribution in [0.2, 0.25) is 0 Å². The Kier molecular flexibility index (Phi) is 6.51. The van der Waals surface area contributed by atoms with E-state index in [9.17, 15) is 4.79 Å². The molecule has 1 amide bonds. The maximum atomic E-state index is 11.9. The highest BCUT2D eigenvalue weighted by Gasteiger charge is 2.24. The predicted molar refractivity (Wildman–Crippen MR) is 87.5 cm³/mol. The number of likely N-dealkylation sites (N-methyl/N-ethyl adjacent to an activating group) is 1. The van der Waals surface area contributed by atoms with E-state index in [0.29, 0.717) is 18.0 Å². The van der Waals surface area contributed by atoms with Crippen LogP contribution in [0.4, 0.5) is 4.79 Å². The first kappa shape index (κ1) is 18.3. The first-order valence-corrected chi connectivity index (χ1v) is 8.27. The molecular weight excluding hydrogens is 264 g/mol. The average Bonchev–Trinajstić information content (AvgIpc) is 2.48. The Morgan fingerprint density at radius 1 is 1.29 bits per heavy atom. The van der Waals surface area contributed by atoms with E-state index in [4.69, 9.17) is 4.74 Å². The molecule has 1 atom stereocenters. The van der Waals surface area contributed by atoms with Crippen LogP contribution in [0.3, 0.4) is 0 Å². The molecule has 1 saturated carbocycles. The van der Waals surface area contributed by atoms with Crippen LogP contribution in [0, 0.1) is 5.41 Å². The molecular formula is C17H34N2O2. The Balaban J connectivity index is 2.25. The molecule has 0 spiro atoms. The molecule has 1 rings (SSSR count). The quantitative estimate of drug-likeness (QED) is 0.803. The molecule has 0 heterocycles. The monoisotopic (exact) mass is 298 g/mol. The van der Waals surface area contributed by atoms with E-state index in [2.05, 4.69) is 19.2 Å². The standard InChI is InChI=1S/C17H34N2O2/c1-16(2,3)21-15(20)19(6)13-12-18-14-8-7-10-17(4,5)11-9-14/h14,18H,7-13H2,1-6H3. The highest BCUT2D eigenvalue weighted by atomic mass is 16.6. The Morgan fingerprint density at radius 3 is 2.57 bits per heavy atom. The minimum absolute atomic E-state index is 0.244. The molecule has 0 aromatic heterocycles. The van der Waals surface area contributed by atoms with Crippen molar-refractivity contribution < 1.29 is 9.53 Å². The molecule has 0 aliphatic heterocycles. The molecule has 0 aromatic rings. The van der Waals surface area contributed by atoms with Crippen molar-refractivity contribution in [1.29, 1.82) is 0 Å². The SMILES string of the molecule is CN(CCNC1CCCC(C)(C)CC1)C(=O)OC(C)(C)C. The number of hydrogen-bond acceptors (Lipinski definition) is 3. The van der Waals surface area contributed by atoms with Crippen LogP contribution >= 0.6 is 0 Å². The van der Waals surface area contributed by atoms with E-state index in [0.717, 1.165) is 6.54 Å². The number of hydrogen-bond donors (Lipinski definition) is 1. The van der Waals surface area contributed by atoms with Crippen LogP contribution in [-0.2, 0) is 4.74 Å². The first-order valence-electron chi connectivity index (χ1n) is 8.27. The molecule has 4 heteroatoms. The van der Waals surface area contributed by atoms with Crippen molar-refractivity contribution in [2.24, 2.45) is 5.41 Å².